The van der Waals surface area contributed by atoms with Crippen LogP contribution in [0, 0.1) is 0 Å². The summed E-state index contributed by atoms with van der Waals surface area (Å²) in [6.45, 7) is 0. The van der Waals surface area contributed by atoms with Crippen molar-refractivity contribution in [1.29, 1.82) is 0 Å². The summed E-state index contributed by atoms with van der Waals surface area (Å²) in [5.41, 5.74) is 5.34. The second kappa shape index (κ2) is 8.63. The fourth-order valence-corrected chi connectivity index (χ4v) is 7.45. The second-order valence-corrected chi connectivity index (χ2v) is 11.8. The zero-order valence-electron chi connectivity index (χ0n) is 18.0. The maximum Gasteiger partial charge on any atom is 0.564 e. The molecule has 0 amide bonds. The Morgan fingerprint density at radius 1 is 1.07 bits per heavy atom. The van der Waals surface area contributed by atoms with Crippen LogP contribution < -0.4 is 10.4 Å². The minimum absolute atomic E-state index is 0. The molecule has 2 nitrogen and oxygen atoms in total. The molecule has 5 aliphatic carbocycles. The van der Waals surface area contributed by atoms with Gasteiger partial charge in [-0.25, -0.2) is 0 Å². The molecule has 0 N–H and O–H groups in total. The summed E-state index contributed by atoms with van der Waals surface area (Å²) < 4.78 is 14.5. The molecular formula is C26H30NOSiTi+. The third-order valence-corrected chi connectivity index (χ3v) is 9.74. The van der Waals surface area contributed by atoms with Gasteiger partial charge < -0.3 is 8.61 Å². The van der Waals surface area contributed by atoms with Crippen LogP contribution in [0.3, 0.4) is 0 Å². The van der Waals surface area contributed by atoms with Crippen LogP contribution in [0.15, 0.2) is 42.5 Å². The first-order valence-electron chi connectivity index (χ1n) is 11.1. The van der Waals surface area contributed by atoms with Gasteiger partial charge in [-0.3, -0.25) is 0 Å². The van der Waals surface area contributed by atoms with Crippen molar-refractivity contribution >= 4 is 27.1 Å². The summed E-state index contributed by atoms with van der Waals surface area (Å²) in [4.78, 5) is 0. The van der Waals surface area contributed by atoms with Crippen molar-refractivity contribution in [3.8, 4) is 11.1 Å². The molecule has 0 aliphatic heterocycles. The number of hydrogen-bond acceptors (Lipinski definition) is 1. The molecule has 0 heterocycles. The van der Waals surface area contributed by atoms with Crippen LogP contribution >= 0.6 is 0 Å². The van der Waals surface area contributed by atoms with E-state index in [0.717, 1.165) is 6.42 Å². The Morgan fingerprint density at radius 2 is 1.87 bits per heavy atom. The molecular weight excluding hydrogens is 418 g/mol. The van der Waals surface area contributed by atoms with E-state index < -0.39 is 8.84 Å². The number of rotatable bonds is 3. The van der Waals surface area contributed by atoms with Gasteiger partial charge in [-0.15, -0.1) is 0 Å². The van der Waals surface area contributed by atoms with E-state index in [1.807, 2.05) is 0 Å². The average Bonchev–Trinajstić information content (AvgIpc) is 3.03. The maximum atomic E-state index is 13.8. The van der Waals surface area contributed by atoms with Crippen LogP contribution in [0.25, 0.3) is 29.4 Å². The minimum atomic E-state index is -1.87. The summed E-state index contributed by atoms with van der Waals surface area (Å²) in [5.74, 6) is 0. The molecule has 152 valence electrons. The average molecular weight is 448 g/mol. The first kappa shape index (κ1) is 21.8. The molecule has 1 fully saturated rings. The van der Waals surface area contributed by atoms with E-state index in [-0.39, 0.29) is 27.3 Å². The topological polar surface area (TPSA) is 17.1 Å². The molecule has 0 aromatic heterocycles. The van der Waals surface area contributed by atoms with Crippen molar-refractivity contribution in [3.63, 3.8) is 0 Å². The van der Waals surface area contributed by atoms with Crippen LogP contribution in [0.5, 0.6) is 0 Å². The van der Waals surface area contributed by atoms with Crippen molar-refractivity contribution in [2.45, 2.75) is 50.1 Å². The zero-order valence-corrected chi connectivity index (χ0v) is 20.6. The number of hydrogen-bond donors (Lipinski definition) is 0. The third-order valence-electron chi connectivity index (χ3n) is 7.31. The largest absolute Gasteiger partial charge is 0.564 e. The zero-order chi connectivity index (χ0) is 20.0. The Labute approximate surface area is 196 Å². The molecule has 0 radical (unpaired) electrons. The van der Waals surface area contributed by atoms with Crippen molar-refractivity contribution in [2.75, 3.05) is 14.1 Å². The molecule has 5 aliphatic rings. The van der Waals surface area contributed by atoms with Crippen LogP contribution in [-0.4, -0.2) is 33.1 Å². The molecule has 1 unspecified atom stereocenters. The molecule has 0 aromatic rings. The predicted molar refractivity (Wildman–Crippen MR) is 122 cm³/mol. The molecule has 0 saturated heterocycles. The van der Waals surface area contributed by atoms with Crippen molar-refractivity contribution in [3.05, 3.63) is 64.1 Å². The molecule has 0 aromatic carbocycles. The van der Waals surface area contributed by atoms with Gasteiger partial charge in [0.15, 0.2) is 0 Å². The Kier molecular flexibility index (Phi) is 6.28. The van der Waals surface area contributed by atoms with Gasteiger partial charge >= 0.3 is 8.84 Å². The summed E-state index contributed by atoms with van der Waals surface area (Å²) in [6, 6.07) is 9.49. The molecule has 4 heteroatoms. The van der Waals surface area contributed by atoms with Crippen molar-refractivity contribution in [1.82, 2.24) is 0 Å². The van der Waals surface area contributed by atoms with E-state index in [2.05, 4.69) is 74.8 Å². The smallest absolute Gasteiger partial charge is 0.330 e. The van der Waals surface area contributed by atoms with E-state index in [4.69, 9.17) is 0 Å². The van der Waals surface area contributed by atoms with Gasteiger partial charge in [0.05, 0.1) is 25.7 Å². The molecule has 1 atom stereocenters. The molecule has 0 spiro atoms. The van der Waals surface area contributed by atoms with E-state index in [1.54, 1.807) is 0 Å². The number of quaternary nitrogens is 1. The van der Waals surface area contributed by atoms with Gasteiger partial charge in [0.1, 0.15) is 0 Å². The Hall–Kier alpha value is -1.39. The number of fused-ring (bicyclic) bond motifs is 5. The Morgan fingerprint density at radius 3 is 2.67 bits per heavy atom. The Balaban J connectivity index is 0.00000218. The first-order chi connectivity index (χ1) is 14.1. The standard InChI is InChI=1S/C26H30NOSi.Ti/c1-27(2,21-11-4-3-5-12-21)29(28)22-16-15-19-10-8-14-24-23-13-7-6-9-20(23)17-26(24)25(19)18-22;/h6-10,14-18,21-22H,3-5,11-13H2,1-2H3;/q+1;. The van der Waals surface area contributed by atoms with Gasteiger partial charge in [0.2, 0.25) is 0 Å². The summed E-state index contributed by atoms with van der Waals surface area (Å²) in [7, 11) is 2.54. The fraction of sp³-hybridized carbons (Fsp3) is 0.385. The number of allylic oxidation sites excluding steroid dienone is 3. The predicted octanol–water partition coefficient (Wildman–Crippen LogP) is 4.19. The molecule has 30 heavy (non-hydrogen) atoms. The molecule has 5 rings (SSSR count). The van der Waals surface area contributed by atoms with Gasteiger partial charge in [-0.05, 0) is 70.9 Å². The number of nitrogens with zero attached hydrogens (tertiary/aromatic N) is 1. The maximum absolute atomic E-state index is 13.8. The molecule has 1 saturated carbocycles. The monoisotopic (exact) mass is 448 g/mol. The van der Waals surface area contributed by atoms with Gasteiger partial charge in [-0.1, -0.05) is 61.1 Å². The van der Waals surface area contributed by atoms with Crippen LogP contribution in [0.1, 0.15) is 43.2 Å². The molecule has 0 bridgehead atoms. The summed E-state index contributed by atoms with van der Waals surface area (Å²) in [5, 5.41) is 2.60. The van der Waals surface area contributed by atoms with Crippen molar-refractivity contribution in [2.24, 2.45) is 0 Å². The van der Waals surface area contributed by atoms with E-state index in [0.29, 0.717) is 10.2 Å². The normalized spacial score (nSPS) is 20.5. The van der Waals surface area contributed by atoms with Crippen LogP contribution in [0.4, 0.5) is 0 Å². The van der Waals surface area contributed by atoms with E-state index in [9.17, 15) is 4.46 Å². The van der Waals surface area contributed by atoms with Crippen LogP contribution in [0.2, 0.25) is 5.54 Å². The minimum Gasteiger partial charge on any atom is -0.330 e. The SMILES string of the molecule is C[N+](C)(C1CCCCC1)[Si](=O)C1C=Cc2cccc3c4c(cc-3c2=C1)=CC=CC4.[Ti]. The van der Waals surface area contributed by atoms with Gasteiger partial charge in [0.25, 0.3) is 0 Å². The Bertz CT molecular complexity index is 1120. The van der Waals surface area contributed by atoms with E-state index in [1.165, 1.54) is 64.8 Å². The quantitative estimate of drug-likeness (QED) is 0.644. The van der Waals surface area contributed by atoms with Crippen molar-refractivity contribution < 1.29 is 30.3 Å². The second-order valence-electron chi connectivity index (χ2n) is 9.32. The summed E-state index contributed by atoms with van der Waals surface area (Å²) >= 11 is 0. The van der Waals surface area contributed by atoms with Gasteiger partial charge in [-0.2, -0.15) is 0 Å². The van der Waals surface area contributed by atoms with Gasteiger partial charge in [0, 0.05) is 21.7 Å². The summed E-state index contributed by atoms with van der Waals surface area (Å²) in [6.07, 6.45) is 20.6. The third kappa shape index (κ3) is 3.71. The first-order valence-corrected chi connectivity index (χ1v) is 12.5. The van der Waals surface area contributed by atoms with Crippen LogP contribution in [-0.2, 0) is 32.6 Å². The fourth-order valence-electron chi connectivity index (χ4n) is 5.50. The van der Waals surface area contributed by atoms with E-state index >= 15 is 0 Å².